The fraction of sp³-hybridized carbons (Fsp3) is 0.850. The van der Waals surface area contributed by atoms with Gasteiger partial charge in [-0.1, -0.05) is 48.5 Å². The molecule has 0 rings (SSSR count). The van der Waals surface area contributed by atoms with E-state index in [9.17, 15) is 14.4 Å². The average molecular weight is 434 g/mol. The van der Waals surface area contributed by atoms with Crippen LogP contribution in [0.2, 0.25) is 18.1 Å². The van der Waals surface area contributed by atoms with Gasteiger partial charge in [0.15, 0.2) is 6.04 Å². The van der Waals surface area contributed by atoms with Crippen LogP contribution in [0.4, 0.5) is 9.59 Å². The molecule has 0 saturated heterocycles. The van der Waals surface area contributed by atoms with Crippen LogP contribution in [0.3, 0.4) is 0 Å². The van der Waals surface area contributed by atoms with Gasteiger partial charge >= 0.3 is 18.2 Å². The molecule has 0 aromatic carbocycles. The third kappa shape index (κ3) is 10.5. The van der Waals surface area contributed by atoms with E-state index in [4.69, 9.17) is 18.6 Å². The van der Waals surface area contributed by atoms with Gasteiger partial charge in [-0.05, 0) is 36.9 Å². The third-order valence-corrected chi connectivity index (χ3v) is 8.85. The SMILES string of the molecule is CC(C)COC(=O)N[C@H](C(=O)O[Si](C)(C)C(C)(C)C)C(C)OC(=O)OCC(C)C. The Morgan fingerprint density at radius 1 is 0.897 bits per heavy atom. The normalized spacial score (nSPS) is 14.2. The minimum atomic E-state index is -2.45. The number of nitrogens with one attached hydrogen (secondary N) is 1. The highest BCUT2D eigenvalue weighted by molar-refractivity contribution is 6.75. The standard InChI is InChI=1S/C20H39NO7Si/c1-13(2)11-25-18(23)21-16(15(5)27-19(24)26-12-14(3)4)17(22)28-29(9,10)20(6,7)8/h13-16H,11-12H2,1-10H3,(H,21,23)/t15?,16-/m0/s1. The highest BCUT2D eigenvalue weighted by atomic mass is 28.4. The first kappa shape index (κ1) is 27.2. The van der Waals surface area contributed by atoms with E-state index < -0.39 is 38.7 Å². The molecule has 0 aliphatic rings. The van der Waals surface area contributed by atoms with Crippen LogP contribution in [0.15, 0.2) is 0 Å². The van der Waals surface area contributed by atoms with Gasteiger partial charge in [0.25, 0.3) is 8.32 Å². The summed E-state index contributed by atoms with van der Waals surface area (Å²) in [6, 6.07) is -1.21. The van der Waals surface area contributed by atoms with E-state index in [0.29, 0.717) is 0 Å². The summed E-state index contributed by atoms with van der Waals surface area (Å²) in [6.45, 7) is 19.3. The van der Waals surface area contributed by atoms with Crippen LogP contribution in [0.1, 0.15) is 55.4 Å². The summed E-state index contributed by atoms with van der Waals surface area (Å²) in [6.07, 6.45) is -2.69. The van der Waals surface area contributed by atoms with Crippen molar-refractivity contribution in [2.24, 2.45) is 11.8 Å². The van der Waals surface area contributed by atoms with Gasteiger partial charge in [-0.15, -0.1) is 0 Å². The topological polar surface area (TPSA) is 100 Å². The predicted octanol–water partition coefficient (Wildman–Crippen LogP) is 4.48. The molecule has 0 fully saturated rings. The fourth-order valence-corrected chi connectivity index (χ4v) is 2.67. The molecule has 29 heavy (non-hydrogen) atoms. The number of alkyl carbamates (subject to hydrolysis) is 1. The monoisotopic (exact) mass is 433 g/mol. The van der Waals surface area contributed by atoms with Crippen LogP contribution in [0, 0.1) is 11.8 Å². The van der Waals surface area contributed by atoms with Crippen LogP contribution in [-0.4, -0.2) is 51.9 Å². The molecule has 0 saturated carbocycles. The first-order valence-corrected chi connectivity index (χ1v) is 13.0. The number of amides is 1. The number of hydrogen-bond donors (Lipinski definition) is 1. The van der Waals surface area contributed by atoms with Crippen molar-refractivity contribution in [1.82, 2.24) is 5.32 Å². The van der Waals surface area contributed by atoms with E-state index in [0.717, 1.165) is 0 Å². The lowest BCUT2D eigenvalue weighted by Crippen LogP contribution is -2.54. The molecule has 1 unspecified atom stereocenters. The van der Waals surface area contributed by atoms with Crippen molar-refractivity contribution < 1.29 is 33.0 Å². The molecule has 1 amide bonds. The van der Waals surface area contributed by atoms with Crippen LogP contribution < -0.4 is 5.32 Å². The maximum atomic E-state index is 12.9. The van der Waals surface area contributed by atoms with Crippen molar-refractivity contribution in [3.05, 3.63) is 0 Å². The Labute approximate surface area is 176 Å². The lowest BCUT2D eigenvalue weighted by atomic mass is 10.2. The number of carbonyl (C=O) groups is 3. The summed E-state index contributed by atoms with van der Waals surface area (Å²) >= 11 is 0. The molecule has 0 spiro atoms. The summed E-state index contributed by atoms with van der Waals surface area (Å²) in [4.78, 5) is 36.9. The van der Waals surface area contributed by atoms with Crippen molar-refractivity contribution in [1.29, 1.82) is 0 Å². The Morgan fingerprint density at radius 2 is 1.38 bits per heavy atom. The molecule has 0 aliphatic heterocycles. The Hall–Kier alpha value is -1.77. The number of carbonyl (C=O) groups excluding carboxylic acids is 3. The van der Waals surface area contributed by atoms with E-state index in [2.05, 4.69) is 5.32 Å². The smallest absolute Gasteiger partial charge is 0.508 e. The molecule has 170 valence electrons. The molecule has 0 bridgehead atoms. The zero-order valence-electron chi connectivity index (χ0n) is 19.6. The molecule has 2 atom stereocenters. The molecule has 9 heteroatoms. The van der Waals surface area contributed by atoms with Crippen LogP contribution in [0.5, 0.6) is 0 Å². The highest BCUT2D eigenvalue weighted by Crippen LogP contribution is 2.36. The average Bonchev–Trinajstić information content (AvgIpc) is 2.54. The number of hydrogen-bond acceptors (Lipinski definition) is 7. The van der Waals surface area contributed by atoms with Crippen LogP contribution >= 0.6 is 0 Å². The summed E-state index contributed by atoms with van der Waals surface area (Å²) in [7, 11) is -2.45. The van der Waals surface area contributed by atoms with Crippen molar-refractivity contribution >= 4 is 26.5 Å². The zero-order chi connectivity index (χ0) is 23.0. The Balaban J connectivity index is 5.29. The lowest BCUT2D eigenvalue weighted by molar-refractivity contribution is -0.140. The Kier molecular flexibility index (Phi) is 10.7. The molecule has 0 aromatic rings. The molecule has 1 N–H and O–H groups in total. The van der Waals surface area contributed by atoms with Gasteiger partial charge in [0.2, 0.25) is 0 Å². The minimum Gasteiger partial charge on any atom is -0.517 e. The maximum absolute atomic E-state index is 12.9. The van der Waals surface area contributed by atoms with E-state index in [1.54, 1.807) is 0 Å². The van der Waals surface area contributed by atoms with Crippen molar-refractivity contribution in [3.8, 4) is 0 Å². The van der Waals surface area contributed by atoms with E-state index >= 15 is 0 Å². The molecule has 0 heterocycles. The van der Waals surface area contributed by atoms with Gasteiger partial charge < -0.3 is 24.0 Å². The largest absolute Gasteiger partial charge is 0.517 e. The minimum absolute atomic E-state index is 0.137. The second kappa shape index (κ2) is 11.4. The van der Waals surface area contributed by atoms with Gasteiger partial charge in [0, 0.05) is 0 Å². The Bertz CT molecular complexity index is 556. The molecule has 0 radical (unpaired) electrons. The summed E-state index contributed by atoms with van der Waals surface area (Å²) in [5.74, 6) is -0.387. The quantitative estimate of drug-likeness (QED) is 0.422. The molecule has 0 aliphatic carbocycles. The molecular weight excluding hydrogens is 394 g/mol. The Morgan fingerprint density at radius 3 is 1.83 bits per heavy atom. The van der Waals surface area contributed by atoms with Gasteiger partial charge in [-0.2, -0.15) is 0 Å². The third-order valence-electron chi connectivity index (χ3n) is 4.52. The van der Waals surface area contributed by atoms with Gasteiger partial charge in [-0.3, -0.25) is 4.79 Å². The summed E-state index contributed by atoms with van der Waals surface area (Å²) in [5.41, 5.74) is 0. The fourth-order valence-electron chi connectivity index (χ4n) is 1.74. The first-order chi connectivity index (χ1) is 13.1. The van der Waals surface area contributed by atoms with E-state index in [1.807, 2.05) is 61.6 Å². The highest BCUT2D eigenvalue weighted by Gasteiger charge is 2.43. The second-order valence-electron chi connectivity index (χ2n) is 9.57. The first-order valence-electron chi connectivity index (χ1n) is 10.1. The van der Waals surface area contributed by atoms with Crippen LogP contribution in [0.25, 0.3) is 0 Å². The zero-order valence-corrected chi connectivity index (χ0v) is 20.6. The molecular formula is C20H39NO7Si. The van der Waals surface area contributed by atoms with Crippen molar-refractivity contribution in [2.75, 3.05) is 13.2 Å². The second-order valence-corrected chi connectivity index (χ2v) is 14.3. The van der Waals surface area contributed by atoms with Crippen LogP contribution in [-0.2, 0) is 23.4 Å². The summed E-state index contributed by atoms with van der Waals surface area (Å²) < 4.78 is 21.1. The van der Waals surface area contributed by atoms with Crippen molar-refractivity contribution in [3.63, 3.8) is 0 Å². The van der Waals surface area contributed by atoms with E-state index in [-0.39, 0.29) is 30.1 Å². The van der Waals surface area contributed by atoms with Gasteiger partial charge in [0.1, 0.15) is 6.10 Å². The summed E-state index contributed by atoms with van der Waals surface area (Å²) in [5, 5.41) is 2.25. The lowest BCUT2D eigenvalue weighted by Gasteiger charge is -2.37. The predicted molar refractivity (Wildman–Crippen MR) is 113 cm³/mol. The molecule has 8 nitrogen and oxygen atoms in total. The van der Waals surface area contributed by atoms with Gasteiger partial charge in [0.05, 0.1) is 13.2 Å². The van der Waals surface area contributed by atoms with Crippen molar-refractivity contribution in [2.45, 2.75) is 85.7 Å². The number of rotatable bonds is 9. The maximum Gasteiger partial charge on any atom is 0.508 e. The number of ether oxygens (including phenoxy) is 3. The van der Waals surface area contributed by atoms with Gasteiger partial charge in [-0.25, -0.2) is 9.59 Å². The molecule has 0 aromatic heterocycles. The van der Waals surface area contributed by atoms with E-state index in [1.165, 1.54) is 6.92 Å².